The van der Waals surface area contributed by atoms with Crippen molar-refractivity contribution < 1.29 is 18.7 Å². The van der Waals surface area contributed by atoms with E-state index in [0.29, 0.717) is 56.0 Å². The SMILES string of the molecule is C[C@@H](Oc1nc(-c2ccc3c(c2)NC(=O)C32CCN(C(=O)N3CCNCC3)CC2)cnc1N)c1c(Cl)ccc(F)c1Cl. The summed E-state index contributed by atoms with van der Waals surface area (Å²) in [5.74, 6) is -0.591. The highest BCUT2D eigenvalue weighted by atomic mass is 35.5. The van der Waals surface area contributed by atoms with Crippen LogP contribution < -0.4 is 21.1 Å². The first-order chi connectivity index (χ1) is 20.2. The number of carbonyl (C=O) groups excluding carboxylic acids is 2. The summed E-state index contributed by atoms with van der Waals surface area (Å²) in [6.07, 6.45) is 1.84. The number of nitrogens with zero attached hydrogens (tertiary/aromatic N) is 4. The molecule has 0 unspecified atom stereocenters. The van der Waals surface area contributed by atoms with E-state index in [9.17, 15) is 14.0 Å². The molecule has 6 rings (SSSR count). The summed E-state index contributed by atoms with van der Waals surface area (Å²) < 4.78 is 20.0. The minimum absolute atomic E-state index is 0.0385. The molecule has 220 valence electrons. The van der Waals surface area contributed by atoms with Crippen molar-refractivity contribution in [3.63, 3.8) is 0 Å². The molecule has 1 aromatic heterocycles. The van der Waals surface area contributed by atoms with Gasteiger partial charge >= 0.3 is 6.03 Å². The number of rotatable bonds is 4. The van der Waals surface area contributed by atoms with Gasteiger partial charge in [-0.2, -0.15) is 0 Å². The average molecular weight is 615 g/mol. The van der Waals surface area contributed by atoms with Gasteiger partial charge in [-0.25, -0.2) is 19.2 Å². The second-order valence-corrected chi connectivity index (χ2v) is 11.6. The van der Waals surface area contributed by atoms with E-state index in [0.717, 1.165) is 18.7 Å². The van der Waals surface area contributed by atoms with Gasteiger partial charge in [-0.05, 0) is 43.5 Å². The van der Waals surface area contributed by atoms with Gasteiger partial charge in [-0.15, -0.1) is 0 Å². The average Bonchev–Trinajstić information content (AvgIpc) is 3.26. The summed E-state index contributed by atoms with van der Waals surface area (Å²) in [7, 11) is 0. The summed E-state index contributed by atoms with van der Waals surface area (Å²) in [4.78, 5) is 38.8. The third-order valence-electron chi connectivity index (χ3n) is 8.33. The molecular weight excluding hydrogens is 584 g/mol. The molecule has 0 bridgehead atoms. The lowest BCUT2D eigenvalue weighted by Crippen LogP contribution is -2.55. The predicted molar refractivity (Wildman–Crippen MR) is 158 cm³/mol. The number of piperidine rings is 1. The maximum Gasteiger partial charge on any atom is 0.320 e. The number of halogens is 3. The molecule has 3 amide bonds. The Morgan fingerprint density at radius 1 is 1.12 bits per heavy atom. The zero-order chi connectivity index (χ0) is 29.6. The lowest BCUT2D eigenvalue weighted by Gasteiger charge is -2.40. The van der Waals surface area contributed by atoms with Gasteiger partial charge < -0.3 is 30.9 Å². The second-order valence-electron chi connectivity index (χ2n) is 10.8. The van der Waals surface area contributed by atoms with Crippen molar-refractivity contribution in [3.8, 4) is 17.1 Å². The fraction of sp³-hybridized carbons (Fsp3) is 0.379. The van der Waals surface area contributed by atoms with Crippen LogP contribution in [-0.4, -0.2) is 71.0 Å². The van der Waals surface area contributed by atoms with Crippen LogP contribution in [0.15, 0.2) is 36.5 Å². The number of amides is 3. The van der Waals surface area contributed by atoms with Gasteiger partial charge in [-0.1, -0.05) is 35.3 Å². The number of fused-ring (bicyclic) bond motifs is 2. The third kappa shape index (κ3) is 4.99. The number of aromatic nitrogens is 2. The van der Waals surface area contributed by atoms with Crippen LogP contribution in [0.25, 0.3) is 11.3 Å². The van der Waals surface area contributed by atoms with E-state index in [1.807, 2.05) is 28.0 Å². The Kier molecular flexibility index (Phi) is 7.59. The highest BCUT2D eigenvalue weighted by Crippen LogP contribution is 2.46. The summed E-state index contributed by atoms with van der Waals surface area (Å²) >= 11 is 12.4. The third-order valence-corrected chi connectivity index (χ3v) is 9.04. The van der Waals surface area contributed by atoms with Crippen molar-refractivity contribution in [2.45, 2.75) is 31.3 Å². The van der Waals surface area contributed by atoms with Crippen LogP contribution in [0.4, 0.5) is 20.7 Å². The maximum atomic E-state index is 14.1. The summed E-state index contributed by atoms with van der Waals surface area (Å²) in [6, 6.07) is 8.30. The van der Waals surface area contributed by atoms with Crippen LogP contribution in [0.5, 0.6) is 5.88 Å². The Balaban J connectivity index is 1.21. The van der Waals surface area contributed by atoms with Crippen LogP contribution in [0.3, 0.4) is 0 Å². The molecule has 4 heterocycles. The number of nitrogens with two attached hydrogens (primary N) is 1. The molecule has 0 radical (unpaired) electrons. The molecule has 3 aliphatic heterocycles. The molecule has 1 atom stereocenters. The maximum absolute atomic E-state index is 14.1. The first-order valence-corrected chi connectivity index (χ1v) is 14.6. The zero-order valence-electron chi connectivity index (χ0n) is 22.9. The highest BCUT2D eigenvalue weighted by molar-refractivity contribution is 6.36. The normalized spacial score (nSPS) is 18.5. The van der Waals surface area contributed by atoms with Gasteiger partial charge in [0.05, 0.1) is 22.3 Å². The van der Waals surface area contributed by atoms with E-state index < -0.39 is 17.3 Å². The highest BCUT2D eigenvalue weighted by Gasteiger charge is 2.49. The van der Waals surface area contributed by atoms with Crippen LogP contribution in [0, 0.1) is 5.82 Å². The molecular formula is C29H30Cl2FN7O3. The van der Waals surface area contributed by atoms with Gasteiger partial charge in [0.2, 0.25) is 5.91 Å². The zero-order valence-corrected chi connectivity index (χ0v) is 24.4. The van der Waals surface area contributed by atoms with Gasteiger partial charge in [0.25, 0.3) is 5.88 Å². The quantitative estimate of drug-likeness (QED) is 0.366. The van der Waals surface area contributed by atoms with E-state index in [1.54, 1.807) is 6.92 Å². The number of benzene rings is 2. The van der Waals surface area contributed by atoms with Crippen LogP contribution in [0.1, 0.15) is 37.0 Å². The molecule has 0 aliphatic carbocycles. The molecule has 2 saturated heterocycles. The number of urea groups is 1. The smallest absolute Gasteiger partial charge is 0.320 e. The minimum atomic E-state index is -0.768. The van der Waals surface area contributed by atoms with Crippen molar-refractivity contribution in [3.05, 3.63) is 63.5 Å². The van der Waals surface area contributed by atoms with Gasteiger partial charge in [0.1, 0.15) is 11.9 Å². The number of anilines is 2. The molecule has 3 aromatic rings. The number of carbonyl (C=O) groups is 2. The summed E-state index contributed by atoms with van der Waals surface area (Å²) in [6.45, 7) is 5.66. The molecule has 0 saturated carbocycles. The second kappa shape index (κ2) is 11.2. The Morgan fingerprint density at radius 3 is 2.57 bits per heavy atom. The van der Waals surface area contributed by atoms with Gasteiger partial charge in [-0.3, -0.25) is 4.79 Å². The van der Waals surface area contributed by atoms with Crippen LogP contribution >= 0.6 is 23.2 Å². The number of nitrogens with one attached hydrogen (secondary N) is 2. The first kappa shape index (κ1) is 28.4. The predicted octanol–water partition coefficient (Wildman–Crippen LogP) is 4.62. The summed E-state index contributed by atoms with van der Waals surface area (Å²) in [5.41, 5.74) is 8.42. The van der Waals surface area contributed by atoms with Gasteiger partial charge in [0, 0.05) is 61.1 Å². The number of hydrogen-bond donors (Lipinski definition) is 3. The Bertz CT molecular complexity index is 1560. The van der Waals surface area contributed by atoms with E-state index in [1.165, 1.54) is 18.3 Å². The molecule has 42 heavy (non-hydrogen) atoms. The molecule has 2 aromatic carbocycles. The summed E-state index contributed by atoms with van der Waals surface area (Å²) in [5, 5.41) is 6.42. The number of likely N-dealkylation sites (tertiary alicyclic amines) is 1. The molecule has 3 aliphatic rings. The standard InChI is InChI=1S/C29H30Cl2FN7O3/c1-16(23-19(30)4-5-20(32)24(23)31)42-26-25(33)35-15-22(36-26)17-2-3-18-21(14-17)37-27(40)29(18)6-10-38(11-7-29)28(41)39-12-8-34-9-13-39/h2-5,14-16,34H,6-13H2,1H3,(H2,33,35)(H,37,40)/t16-/m1/s1. The van der Waals surface area contributed by atoms with Gasteiger partial charge in [0.15, 0.2) is 5.82 Å². The Hall–Kier alpha value is -3.67. The fourth-order valence-electron chi connectivity index (χ4n) is 5.97. The molecule has 1 spiro atoms. The number of nitrogen functional groups attached to an aromatic ring is 1. The van der Waals surface area contributed by atoms with E-state index >= 15 is 0 Å². The van der Waals surface area contributed by atoms with Crippen LogP contribution in [0.2, 0.25) is 10.0 Å². The minimum Gasteiger partial charge on any atom is -0.467 e. The largest absolute Gasteiger partial charge is 0.467 e. The monoisotopic (exact) mass is 613 g/mol. The van der Waals surface area contributed by atoms with Crippen LogP contribution in [-0.2, 0) is 10.2 Å². The molecule has 4 N–H and O–H groups in total. The topological polar surface area (TPSA) is 126 Å². The van der Waals surface area contributed by atoms with Crippen molar-refractivity contribution in [2.24, 2.45) is 0 Å². The molecule has 10 nitrogen and oxygen atoms in total. The molecule has 13 heteroatoms. The Morgan fingerprint density at radius 2 is 1.83 bits per heavy atom. The molecule has 2 fully saturated rings. The first-order valence-electron chi connectivity index (χ1n) is 13.8. The van der Waals surface area contributed by atoms with Crippen molar-refractivity contribution in [2.75, 3.05) is 50.3 Å². The van der Waals surface area contributed by atoms with Crippen molar-refractivity contribution in [1.29, 1.82) is 0 Å². The lowest BCUT2D eigenvalue weighted by atomic mass is 9.73. The van der Waals surface area contributed by atoms with E-state index in [4.69, 9.17) is 33.7 Å². The number of ether oxygens (including phenoxy) is 1. The van der Waals surface area contributed by atoms with Crippen molar-refractivity contribution in [1.82, 2.24) is 25.1 Å². The van der Waals surface area contributed by atoms with E-state index in [-0.39, 0.29) is 39.2 Å². The van der Waals surface area contributed by atoms with Crippen molar-refractivity contribution >= 4 is 46.6 Å². The van der Waals surface area contributed by atoms with E-state index in [2.05, 4.69) is 20.6 Å². The number of piperazine rings is 1. The number of hydrogen-bond acceptors (Lipinski definition) is 7. The fourth-order valence-corrected chi connectivity index (χ4v) is 6.65. The lowest BCUT2D eigenvalue weighted by molar-refractivity contribution is -0.122. The Labute approximate surface area is 252 Å².